The van der Waals surface area contributed by atoms with Gasteiger partial charge >= 0.3 is 0 Å². The fourth-order valence-corrected chi connectivity index (χ4v) is 5.48. The Bertz CT molecular complexity index is 1380. The first-order valence-electron chi connectivity index (χ1n) is 11.2. The van der Waals surface area contributed by atoms with Crippen LogP contribution in [0.15, 0.2) is 47.0 Å². The van der Waals surface area contributed by atoms with E-state index in [2.05, 4.69) is 16.8 Å². The SMILES string of the molecule is CC#Cc1cncc(-c2csc([C@@]3(C)N=C(N)N(C)C(=O)C3c3cc(OC)c(OC)c(OC)c3)c2)c1. The first-order chi connectivity index (χ1) is 17.3. The number of hydrogen-bond donors (Lipinski definition) is 1. The highest BCUT2D eigenvalue weighted by atomic mass is 32.1. The molecule has 36 heavy (non-hydrogen) atoms. The Balaban J connectivity index is 1.88. The molecule has 1 aliphatic heterocycles. The van der Waals surface area contributed by atoms with Gasteiger partial charge in [0.25, 0.3) is 0 Å². The van der Waals surface area contributed by atoms with Gasteiger partial charge in [0.05, 0.1) is 27.2 Å². The van der Waals surface area contributed by atoms with E-state index in [9.17, 15) is 4.79 Å². The van der Waals surface area contributed by atoms with Gasteiger partial charge < -0.3 is 19.9 Å². The molecule has 1 amide bonds. The Morgan fingerprint density at radius 2 is 1.75 bits per heavy atom. The second-order valence-corrected chi connectivity index (χ2v) is 9.35. The summed E-state index contributed by atoms with van der Waals surface area (Å²) in [5, 5.41) is 2.03. The lowest BCUT2D eigenvalue weighted by atomic mass is 9.77. The van der Waals surface area contributed by atoms with Crippen molar-refractivity contribution in [1.82, 2.24) is 9.88 Å². The molecule has 2 N–H and O–H groups in total. The van der Waals surface area contributed by atoms with E-state index in [4.69, 9.17) is 24.9 Å². The number of benzene rings is 1. The second-order valence-electron chi connectivity index (χ2n) is 8.44. The number of amides is 1. The van der Waals surface area contributed by atoms with Crippen LogP contribution in [0.4, 0.5) is 0 Å². The third-order valence-corrected chi connectivity index (χ3v) is 7.45. The van der Waals surface area contributed by atoms with Crippen molar-refractivity contribution >= 4 is 23.2 Å². The Morgan fingerprint density at radius 1 is 1.06 bits per heavy atom. The average molecular weight is 505 g/mol. The first-order valence-corrected chi connectivity index (χ1v) is 12.0. The number of hydrogen-bond acceptors (Lipinski definition) is 8. The number of thiophene rings is 1. The van der Waals surface area contributed by atoms with Gasteiger partial charge in [-0.1, -0.05) is 5.92 Å². The number of rotatable bonds is 6. The van der Waals surface area contributed by atoms with Crippen LogP contribution in [0.5, 0.6) is 17.2 Å². The van der Waals surface area contributed by atoms with Gasteiger partial charge in [-0.2, -0.15) is 0 Å². The highest BCUT2D eigenvalue weighted by molar-refractivity contribution is 7.10. The summed E-state index contributed by atoms with van der Waals surface area (Å²) in [7, 11) is 6.25. The zero-order valence-electron chi connectivity index (χ0n) is 21.1. The maximum absolute atomic E-state index is 13.7. The standard InChI is InChI=1S/C27H28N4O4S/c1-7-8-16-9-18(14-29-13-16)19-12-22(36-15-19)27(2)23(25(32)31(3)26(28)30-27)17-10-20(33-4)24(35-6)21(11-17)34-5/h9-15,23H,1-6H3,(H2,28,30)/t23?,27-/m1/s1. The van der Waals surface area contributed by atoms with Gasteiger partial charge in [0.2, 0.25) is 11.7 Å². The summed E-state index contributed by atoms with van der Waals surface area (Å²) in [6.07, 6.45) is 3.53. The van der Waals surface area contributed by atoms with Crippen molar-refractivity contribution in [2.45, 2.75) is 25.3 Å². The van der Waals surface area contributed by atoms with Crippen LogP contribution in [0.1, 0.15) is 35.8 Å². The summed E-state index contributed by atoms with van der Waals surface area (Å²) >= 11 is 1.52. The molecule has 0 spiro atoms. The molecule has 186 valence electrons. The van der Waals surface area contributed by atoms with Crippen molar-refractivity contribution < 1.29 is 19.0 Å². The van der Waals surface area contributed by atoms with Gasteiger partial charge in [-0.3, -0.25) is 14.7 Å². The van der Waals surface area contributed by atoms with Crippen molar-refractivity contribution in [2.24, 2.45) is 10.7 Å². The molecule has 0 bridgehead atoms. The van der Waals surface area contributed by atoms with E-state index < -0.39 is 11.5 Å². The lowest BCUT2D eigenvalue weighted by Crippen LogP contribution is -2.52. The van der Waals surface area contributed by atoms with E-state index in [1.54, 1.807) is 52.7 Å². The molecule has 2 atom stereocenters. The van der Waals surface area contributed by atoms with Gasteiger partial charge in [-0.15, -0.1) is 17.3 Å². The maximum Gasteiger partial charge on any atom is 0.239 e. The van der Waals surface area contributed by atoms with Gasteiger partial charge in [-0.05, 0) is 54.6 Å². The fourth-order valence-electron chi connectivity index (χ4n) is 4.42. The van der Waals surface area contributed by atoms with Crippen LogP contribution >= 0.6 is 11.3 Å². The van der Waals surface area contributed by atoms with Crippen LogP contribution in [0.3, 0.4) is 0 Å². The van der Waals surface area contributed by atoms with E-state index in [1.807, 2.05) is 24.4 Å². The maximum atomic E-state index is 13.7. The van der Waals surface area contributed by atoms with Gasteiger partial charge in [-0.25, -0.2) is 4.99 Å². The zero-order chi connectivity index (χ0) is 26.0. The minimum atomic E-state index is -0.977. The topological polar surface area (TPSA) is 99.3 Å². The molecule has 3 aromatic rings. The molecule has 3 heterocycles. The summed E-state index contributed by atoms with van der Waals surface area (Å²) in [5.74, 6) is 6.59. The number of carbonyl (C=O) groups excluding carboxylic acids is 1. The molecular formula is C27H28N4O4S. The molecule has 0 saturated heterocycles. The summed E-state index contributed by atoms with van der Waals surface area (Å²) < 4.78 is 16.6. The molecule has 1 unspecified atom stereocenters. The molecular weight excluding hydrogens is 476 g/mol. The molecule has 1 aliphatic rings. The molecule has 4 rings (SSSR count). The minimum Gasteiger partial charge on any atom is -0.493 e. The van der Waals surface area contributed by atoms with E-state index >= 15 is 0 Å². The second kappa shape index (κ2) is 9.91. The van der Waals surface area contributed by atoms with E-state index in [0.29, 0.717) is 22.8 Å². The minimum absolute atomic E-state index is 0.156. The Morgan fingerprint density at radius 3 is 2.36 bits per heavy atom. The normalized spacial score (nSPS) is 19.3. The van der Waals surface area contributed by atoms with Crippen LogP contribution in [0.25, 0.3) is 11.1 Å². The number of aromatic nitrogens is 1. The quantitative estimate of drug-likeness (QED) is 0.510. The molecule has 0 fully saturated rings. The van der Waals surface area contributed by atoms with Crippen molar-refractivity contribution in [3.63, 3.8) is 0 Å². The van der Waals surface area contributed by atoms with E-state index in [-0.39, 0.29) is 11.9 Å². The third kappa shape index (κ3) is 4.25. The van der Waals surface area contributed by atoms with Crippen LogP contribution in [0, 0.1) is 11.8 Å². The summed E-state index contributed by atoms with van der Waals surface area (Å²) in [4.78, 5) is 25.1. The van der Waals surface area contributed by atoms with Crippen LogP contribution in [-0.4, -0.2) is 50.1 Å². The fraction of sp³-hybridized carbons (Fsp3) is 0.296. The van der Waals surface area contributed by atoms with Crippen molar-refractivity contribution in [3.8, 4) is 40.2 Å². The van der Waals surface area contributed by atoms with E-state index in [1.165, 1.54) is 23.3 Å². The number of aliphatic imine (C=N–C) groups is 1. The predicted octanol–water partition coefficient (Wildman–Crippen LogP) is 3.99. The number of likely N-dealkylation sites (N-methyl/N-ethyl adjacent to an activating group) is 1. The molecule has 1 aromatic carbocycles. The number of methoxy groups -OCH3 is 3. The van der Waals surface area contributed by atoms with Crippen molar-refractivity contribution in [1.29, 1.82) is 0 Å². The Hall–Kier alpha value is -4.03. The van der Waals surface area contributed by atoms with Crippen molar-refractivity contribution in [2.75, 3.05) is 28.4 Å². The Labute approximate surface area is 214 Å². The number of pyridine rings is 1. The molecule has 0 radical (unpaired) electrons. The summed E-state index contributed by atoms with van der Waals surface area (Å²) in [6.45, 7) is 3.71. The monoisotopic (exact) mass is 504 g/mol. The van der Waals surface area contributed by atoms with Crippen LogP contribution < -0.4 is 19.9 Å². The van der Waals surface area contributed by atoms with Gasteiger partial charge in [0.15, 0.2) is 17.5 Å². The molecule has 0 aliphatic carbocycles. The lowest BCUT2D eigenvalue weighted by Gasteiger charge is -2.40. The lowest BCUT2D eigenvalue weighted by molar-refractivity contribution is -0.130. The van der Waals surface area contributed by atoms with Gasteiger partial charge in [0.1, 0.15) is 5.54 Å². The number of guanidine groups is 1. The Kier molecular flexibility index (Phi) is 6.91. The first kappa shape index (κ1) is 25.1. The molecule has 9 heteroatoms. The van der Waals surface area contributed by atoms with E-state index in [0.717, 1.165) is 21.6 Å². The summed E-state index contributed by atoms with van der Waals surface area (Å²) in [6, 6.07) is 7.60. The number of carbonyl (C=O) groups is 1. The highest BCUT2D eigenvalue weighted by Gasteiger charge is 2.48. The summed E-state index contributed by atoms with van der Waals surface area (Å²) in [5.41, 5.74) is 8.65. The zero-order valence-corrected chi connectivity index (χ0v) is 21.9. The number of nitrogens with zero attached hydrogens (tertiary/aromatic N) is 3. The molecule has 2 aromatic heterocycles. The molecule has 0 saturated carbocycles. The van der Waals surface area contributed by atoms with Gasteiger partial charge in [0, 0.05) is 35.4 Å². The smallest absolute Gasteiger partial charge is 0.239 e. The predicted molar refractivity (Wildman–Crippen MR) is 141 cm³/mol. The van der Waals surface area contributed by atoms with Crippen LogP contribution in [0.2, 0.25) is 0 Å². The third-order valence-electron chi connectivity index (χ3n) is 6.29. The highest BCUT2D eigenvalue weighted by Crippen LogP contribution is 2.50. The van der Waals surface area contributed by atoms with Crippen LogP contribution in [-0.2, 0) is 10.3 Å². The van der Waals surface area contributed by atoms with Crippen molar-refractivity contribution in [3.05, 3.63) is 58.0 Å². The number of ether oxygens (including phenoxy) is 3. The largest absolute Gasteiger partial charge is 0.493 e. The molecule has 8 nitrogen and oxygen atoms in total. The number of nitrogens with two attached hydrogens (primary N) is 1. The average Bonchev–Trinajstić information content (AvgIpc) is 3.38.